The molecule has 0 atom stereocenters. The number of carboxylic acid groups (broad SMARTS) is 1. The second kappa shape index (κ2) is 11.9. The number of benzene rings is 2. The van der Waals surface area contributed by atoms with Gasteiger partial charge in [0.15, 0.2) is 11.4 Å². The van der Waals surface area contributed by atoms with E-state index in [1.807, 2.05) is 12.1 Å². The van der Waals surface area contributed by atoms with Crippen molar-refractivity contribution in [1.29, 1.82) is 0 Å². The first kappa shape index (κ1) is 26.8. The van der Waals surface area contributed by atoms with Crippen molar-refractivity contribution in [2.75, 3.05) is 24.5 Å². The molecule has 1 aliphatic heterocycles. The van der Waals surface area contributed by atoms with Crippen LogP contribution >= 0.6 is 22.6 Å². The third kappa shape index (κ3) is 6.55. The van der Waals surface area contributed by atoms with E-state index in [1.165, 1.54) is 0 Å². The molecule has 1 fully saturated rings. The van der Waals surface area contributed by atoms with Crippen LogP contribution < -0.4 is 10.2 Å². The highest BCUT2D eigenvalue weighted by molar-refractivity contribution is 14.1. The third-order valence-electron chi connectivity index (χ3n) is 6.59. The number of aliphatic carboxylic acids is 1. The van der Waals surface area contributed by atoms with Crippen LogP contribution in [-0.4, -0.2) is 56.8 Å². The molecule has 0 spiro atoms. The number of aliphatic hydroxyl groups is 1. The van der Waals surface area contributed by atoms with Crippen molar-refractivity contribution in [3.05, 3.63) is 68.8 Å². The summed E-state index contributed by atoms with van der Waals surface area (Å²) in [7, 11) is 0. The summed E-state index contributed by atoms with van der Waals surface area (Å²) in [5.41, 5.74) is 4.44. The number of rotatable bonds is 8. The van der Waals surface area contributed by atoms with Crippen molar-refractivity contribution < 1.29 is 24.9 Å². The van der Waals surface area contributed by atoms with E-state index in [2.05, 4.69) is 73.1 Å². The van der Waals surface area contributed by atoms with E-state index >= 15 is 0 Å². The molecule has 4 N–H and O–H groups in total. The number of halogens is 1. The molecule has 1 saturated heterocycles. The van der Waals surface area contributed by atoms with Gasteiger partial charge in [0, 0.05) is 28.8 Å². The lowest BCUT2D eigenvalue weighted by Crippen LogP contribution is -2.34. The van der Waals surface area contributed by atoms with Gasteiger partial charge in [-0.25, -0.2) is 9.97 Å². The number of carboxylic acids is 1. The molecule has 0 unspecified atom stereocenters. The lowest BCUT2D eigenvalue weighted by molar-refractivity contribution is -0.135. The van der Waals surface area contributed by atoms with Crippen LogP contribution in [0.4, 0.5) is 5.69 Å². The maximum atomic E-state index is 12.3. The molecule has 0 radical (unpaired) electrons. The third-order valence-corrected chi connectivity index (χ3v) is 7.60. The second-order valence-electron chi connectivity index (χ2n) is 9.14. The van der Waals surface area contributed by atoms with Crippen LogP contribution in [0.5, 0.6) is 5.75 Å². The number of amides is 1. The Morgan fingerprint density at radius 1 is 1.08 bits per heavy atom. The standard InChI is InChI=1S/C27H29IN4O5/c1-16-26(36)25(27(37)29-14-24(34)35)31-23(30-16)12-17-8-10-32(11-9-17)21-6-4-18(5-7-21)19-2-3-20(15-33)22(28)13-19/h2-7,13,17,33,36H,8-12,14-15H2,1H3,(H,29,37)(H,34,35). The Balaban J connectivity index is 1.37. The van der Waals surface area contributed by atoms with E-state index < -0.39 is 18.4 Å². The summed E-state index contributed by atoms with van der Waals surface area (Å²) < 4.78 is 1.05. The molecule has 0 saturated carbocycles. The number of hydrogen-bond donors (Lipinski definition) is 4. The average molecular weight is 616 g/mol. The van der Waals surface area contributed by atoms with Gasteiger partial charge in [0.1, 0.15) is 12.4 Å². The molecule has 0 bridgehead atoms. The molecule has 2 heterocycles. The molecule has 4 rings (SSSR count). The topological polar surface area (TPSA) is 136 Å². The molecule has 194 valence electrons. The smallest absolute Gasteiger partial charge is 0.322 e. The van der Waals surface area contributed by atoms with Gasteiger partial charge in [-0.1, -0.05) is 24.3 Å². The first-order chi connectivity index (χ1) is 17.7. The number of piperidine rings is 1. The fraction of sp³-hybridized carbons (Fsp3) is 0.333. The predicted molar refractivity (Wildman–Crippen MR) is 148 cm³/mol. The van der Waals surface area contributed by atoms with Crippen LogP contribution in [0, 0.1) is 16.4 Å². The SMILES string of the molecule is Cc1nc(CC2CCN(c3ccc(-c4ccc(CO)c(I)c4)cc3)CC2)nc(C(=O)NCC(=O)O)c1O. The van der Waals surface area contributed by atoms with Crippen LogP contribution in [0.25, 0.3) is 11.1 Å². The summed E-state index contributed by atoms with van der Waals surface area (Å²) in [5.74, 6) is -1.43. The number of nitrogens with zero attached hydrogens (tertiary/aromatic N) is 3. The van der Waals surface area contributed by atoms with Crippen molar-refractivity contribution in [3.8, 4) is 16.9 Å². The van der Waals surface area contributed by atoms with Crippen molar-refractivity contribution in [2.24, 2.45) is 5.92 Å². The van der Waals surface area contributed by atoms with Gasteiger partial charge in [-0.3, -0.25) is 9.59 Å². The summed E-state index contributed by atoms with van der Waals surface area (Å²) >= 11 is 2.25. The number of aliphatic hydroxyl groups excluding tert-OH is 1. The molecule has 3 aromatic rings. The van der Waals surface area contributed by atoms with E-state index in [9.17, 15) is 19.8 Å². The van der Waals surface area contributed by atoms with Gasteiger partial charge in [-0.15, -0.1) is 0 Å². The number of carbonyl (C=O) groups is 2. The van der Waals surface area contributed by atoms with Gasteiger partial charge in [0.05, 0.1) is 12.3 Å². The molecule has 37 heavy (non-hydrogen) atoms. The Morgan fingerprint density at radius 2 is 1.76 bits per heavy atom. The highest BCUT2D eigenvalue weighted by Gasteiger charge is 2.23. The van der Waals surface area contributed by atoms with Gasteiger partial charge >= 0.3 is 5.97 Å². The normalized spacial score (nSPS) is 14.0. The lowest BCUT2D eigenvalue weighted by atomic mass is 9.92. The summed E-state index contributed by atoms with van der Waals surface area (Å²) in [6, 6.07) is 14.6. The number of aryl methyl sites for hydroxylation is 1. The van der Waals surface area contributed by atoms with Crippen LogP contribution in [-0.2, 0) is 17.8 Å². The number of aromatic hydroxyl groups is 1. The Bertz CT molecular complexity index is 1290. The number of hydrogen-bond acceptors (Lipinski definition) is 7. The first-order valence-electron chi connectivity index (χ1n) is 12.1. The lowest BCUT2D eigenvalue weighted by Gasteiger charge is -2.33. The molecular weight excluding hydrogens is 587 g/mol. The second-order valence-corrected chi connectivity index (χ2v) is 10.3. The first-order valence-corrected chi connectivity index (χ1v) is 13.1. The zero-order valence-electron chi connectivity index (χ0n) is 20.4. The highest BCUT2D eigenvalue weighted by atomic mass is 127. The summed E-state index contributed by atoms with van der Waals surface area (Å²) in [6.07, 6.45) is 2.45. The molecule has 1 amide bonds. The average Bonchev–Trinajstić information content (AvgIpc) is 2.89. The van der Waals surface area contributed by atoms with Gasteiger partial charge in [0.25, 0.3) is 5.91 Å². The van der Waals surface area contributed by atoms with Crippen molar-refractivity contribution in [1.82, 2.24) is 15.3 Å². The number of anilines is 1. The van der Waals surface area contributed by atoms with E-state index in [-0.39, 0.29) is 18.1 Å². The van der Waals surface area contributed by atoms with Crippen LogP contribution in [0.2, 0.25) is 0 Å². The minimum atomic E-state index is -1.17. The molecule has 2 aromatic carbocycles. The maximum Gasteiger partial charge on any atom is 0.322 e. The molecule has 1 aromatic heterocycles. The molecular formula is C27H29IN4O5. The van der Waals surface area contributed by atoms with E-state index in [4.69, 9.17) is 5.11 Å². The van der Waals surface area contributed by atoms with Crippen molar-refractivity contribution in [2.45, 2.75) is 32.8 Å². The maximum absolute atomic E-state index is 12.3. The summed E-state index contributed by atoms with van der Waals surface area (Å²) in [5, 5.41) is 30.6. The fourth-order valence-corrected chi connectivity index (χ4v) is 5.17. The predicted octanol–water partition coefficient (Wildman–Crippen LogP) is 3.53. The molecule has 1 aliphatic rings. The highest BCUT2D eigenvalue weighted by Crippen LogP contribution is 2.29. The van der Waals surface area contributed by atoms with Crippen molar-refractivity contribution >= 4 is 40.2 Å². The van der Waals surface area contributed by atoms with Crippen LogP contribution in [0.3, 0.4) is 0 Å². The van der Waals surface area contributed by atoms with Gasteiger partial charge in [-0.2, -0.15) is 0 Å². The Morgan fingerprint density at radius 3 is 2.38 bits per heavy atom. The minimum absolute atomic E-state index is 0.0369. The Labute approximate surface area is 228 Å². The summed E-state index contributed by atoms with van der Waals surface area (Å²) in [6.45, 7) is 2.86. The zero-order chi connectivity index (χ0) is 26.5. The van der Waals surface area contributed by atoms with E-state index in [1.54, 1.807) is 6.92 Å². The molecule has 10 heteroatoms. The number of carbonyl (C=O) groups excluding carboxylic acids is 1. The number of aromatic nitrogens is 2. The largest absolute Gasteiger partial charge is 0.504 e. The van der Waals surface area contributed by atoms with Gasteiger partial charge in [0.2, 0.25) is 0 Å². The molecule has 0 aliphatic carbocycles. The van der Waals surface area contributed by atoms with E-state index in [0.29, 0.717) is 23.9 Å². The minimum Gasteiger partial charge on any atom is -0.504 e. The molecule has 9 nitrogen and oxygen atoms in total. The van der Waals surface area contributed by atoms with E-state index in [0.717, 1.165) is 51.9 Å². The number of nitrogens with one attached hydrogen (secondary N) is 1. The monoisotopic (exact) mass is 616 g/mol. The van der Waals surface area contributed by atoms with Crippen LogP contribution in [0.1, 0.15) is 40.4 Å². The Kier molecular flexibility index (Phi) is 8.59. The van der Waals surface area contributed by atoms with Gasteiger partial charge < -0.3 is 25.5 Å². The summed E-state index contributed by atoms with van der Waals surface area (Å²) in [4.78, 5) is 34.0. The quantitative estimate of drug-likeness (QED) is 0.283. The van der Waals surface area contributed by atoms with Crippen molar-refractivity contribution in [3.63, 3.8) is 0 Å². The Hall–Kier alpha value is -3.25. The van der Waals surface area contributed by atoms with Crippen LogP contribution in [0.15, 0.2) is 42.5 Å². The van der Waals surface area contributed by atoms with Gasteiger partial charge in [-0.05, 0) is 83.2 Å². The zero-order valence-corrected chi connectivity index (χ0v) is 22.6. The fourth-order valence-electron chi connectivity index (χ4n) is 4.49.